The van der Waals surface area contributed by atoms with Gasteiger partial charge in [0.1, 0.15) is 11.8 Å². The first-order chi connectivity index (χ1) is 9.49. The van der Waals surface area contributed by atoms with Gasteiger partial charge in [0.2, 0.25) is 0 Å². The van der Waals surface area contributed by atoms with E-state index in [1.807, 2.05) is 6.92 Å². The normalized spacial score (nSPS) is 17.3. The van der Waals surface area contributed by atoms with Crippen molar-refractivity contribution in [2.24, 2.45) is 0 Å². The molecule has 20 heavy (non-hydrogen) atoms. The fourth-order valence-electron chi connectivity index (χ4n) is 1.99. The molecule has 0 bridgehead atoms. The Balaban J connectivity index is 1.97. The molecule has 1 aliphatic heterocycles. The highest BCUT2D eigenvalue weighted by molar-refractivity contribution is 6.30. The molecule has 1 atom stereocenters. The Morgan fingerprint density at radius 1 is 1.50 bits per heavy atom. The summed E-state index contributed by atoms with van der Waals surface area (Å²) in [5.74, 6) is -0.853. The number of carboxylic acids is 1. The minimum Gasteiger partial charge on any atom is -0.483 e. The van der Waals surface area contributed by atoms with Gasteiger partial charge in [-0.3, -0.25) is 4.79 Å². The number of hydrogen-bond acceptors (Lipinski definition) is 3. The van der Waals surface area contributed by atoms with Crippen LogP contribution < -0.4 is 4.74 Å². The van der Waals surface area contributed by atoms with E-state index in [-0.39, 0.29) is 12.5 Å². The van der Waals surface area contributed by atoms with Gasteiger partial charge in [-0.1, -0.05) is 23.8 Å². The summed E-state index contributed by atoms with van der Waals surface area (Å²) >= 11 is 5.83. The van der Waals surface area contributed by atoms with E-state index < -0.39 is 12.0 Å². The number of rotatable bonds is 4. The van der Waals surface area contributed by atoms with E-state index in [1.54, 1.807) is 24.3 Å². The largest absolute Gasteiger partial charge is 0.483 e. The molecule has 0 aliphatic carbocycles. The number of carboxylic acid groups (broad SMARTS) is 1. The van der Waals surface area contributed by atoms with Gasteiger partial charge >= 0.3 is 5.97 Å². The summed E-state index contributed by atoms with van der Waals surface area (Å²) in [5, 5.41) is 9.59. The van der Waals surface area contributed by atoms with Crippen LogP contribution in [0.4, 0.5) is 0 Å². The third-order valence-corrected chi connectivity index (χ3v) is 3.25. The van der Waals surface area contributed by atoms with Crippen LogP contribution >= 0.6 is 11.6 Å². The van der Waals surface area contributed by atoms with Crippen LogP contribution in [0, 0.1) is 6.92 Å². The van der Waals surface area contributed by atoms with Gasteiger partial charge in [-0.05, 0) is 30.7 Å². The van der Waals surface area contributed by atoms with E-state index in [0.29, 0.717) is 17.3 Å². The minimum absolute atomic E-state index is 0.200. The molecule has 1 N–H and O–H groups in total. The third-order valence-electron chi connectivity index (χ3n) is 3.02. The number of ether oxygens (including phenoxy) is 1. The summed E-state index contributed by atoms with van der Waals surface area (Å²) < 4.78 is 5.42. The van der Waals surface area contributed by atoms with Crippen LogP contribution in [0.15, 0.2) is 30.4 Å². The van der Waals surface area contributed by atoms with Crippen LogP contribution in [-0.2, 0) is 9.59 Å². The Morgan fingerprint density at radius 3 is 2.90 bits per heavy atom. The van der Waals surface area contributed by atoms with Crippen LogP contribution in [0.25, 0.3) is 0 Å². The van der Waals surface area contributed by atoms with Gasteiger partial charge in [0, 0.05) is 11.6 Å². The Bertz CT molecular complexity index is 570. The Hall–Kier alpha value is -2.01. The average molecular weight is 296 g/mol. The molecule has 0 fully saturated rings. The number of amides is 1. The second-order valence-electron chi connectivity index (χ2n) is 4.46. The van der Waals surface area contributed by atoms with Crippen molar-refractivity contribution in [2.45, 2.75) is 13.0 Å². The van der Waals surface area contributed by atoms with Crippen molar-refractivity contribution in [3.63, 3.8) is 0 Å². The molecule has 0 unspecified atom stereocenters. The number of carbonyl (C=O) groups is 2. The number of aryl methyl sites for hydroxylation is 1. The van der Waals surface area contributed by atoms with Gasteiger partial charge in [-0.25, -0.2) is 4.79 Å². The van der Waals surface area contributed by atoms with Crippen molar-refractivity contribution in [1.82, 2.24) is 4.90 Å². The summed E-state index contributed by atoms with van der Waals surface area (Å²) in [4.78, 5) is 24.2. The lowest BCUT2D eigenvalue weighted by Gasteiger charge is -2.21. The van der Waals surface area contributed by atoms with Crippen molar-refractivity contribution >= 4 is 23.5 Å². The van der Waals surface area contributed by atoms with E-state index in [1.165, 1.54) is 11.0 Å². The maximum Gasteiger partial charge on any atom is 0.330 e. The fraction of sp³-hybridized carbons (Fsp3) is 0.286. The van der Waals surface area contributed by atoms with Gasteiger partial charge in [-0.15, -0.1) is 0 Å². The molecule has 0 aromatic heterocycles. The molecule has 1 amide bonds. The zero-order chi connectivity index (χ0) is 14.7. The van der Waals surface area contributed by atoms with E-state index in [4.69, 9.17) is 21.4 Å². The van der Waals surface area contributed by atoms with Crippen molar-refractivity contribution in [1.29, 1.82) is 0 Å². The van der Waals surface area contributed by atoms with Gasteiger partial charge in [-0.2, -0.15) is 0 Å². The molecule has 5 nitrogen and oxygen atoms in total. The maximum absolute atomic E-state index is 12.0. The van der Waals surface area contributed by atoms with Crippen molar-refractivity contribution in [2.75, 3.05) is 13.2 Å². The summed E-state index contributed by atoms with van der Waals surface area (Å²) in [7, 11) is 0. The lowest BCUT2D eigenvalue weighted by Crippen LogP contribution is -2.43. The minimum atomic E-state index is -1.05. The Labute approximate surface area is 121 Å². The topological polar surface area (TPSA) is 66.8 Å². The molecular formula is C14H14ClNO4. The molecule has 1 aliphatic rings. The van der Waals surface area contributed by atoms with Crippen LogP contribution in [0.1, 0.15) is 5.56 Å². The van der Waals surface area contributed by atoms with Crippen molar-refractivity contribution < 1.29 is 19.4 Å². The van der Waals surface area contributed by atoms with E-state index in [2.05, 4.69) is 0 Å². The highest BCUT2D eigenvalue weighted by atomic mass is 35.5. The van der Waals surface area contributed by atoms with E-state index in [9.17, 15) is 9.59 Å². The predicted octanol–water partition coefficient (Wildman–Crippen LogP) is 1.88. The summed E-state index contributed by atoms with van der Waals surface area (Å²) in [6.07, 6.45) is 3.15. The van der Waals surface area contributed by atoms with Gasteiger partial charge in [0.15, 0.2) is 6.61 Å². The predicted molar refractivity (Wildman–Crippen MR) is 74.0 cm³/mol. The third kappa shape index (κ3) is 3.11. The SMILES string of the molecule is Cc1cc(Cl)ccc1OCC(=O)N1CC=C[C@@H]1C(=O)O. The second-order valence-corrected chi connectivity index (χ2v) is 4.89. The maximum atomic E-state index is 12.0. The molecule has 0 spiro atoms. The monoisotopic (exact) mass is 295 g/mol. The highest BCUT2D eigenvalue weighted by Crippen LogP contribution is 2.22. The molecule has 1 heterocycles. The molecule has 1 aromatic rings. The Kier molecular flexibility index (Phi) is 4.29. The first-order valence-electron chi connectivity index (χ1n) is 6.07. The number of halogens is 1. The lowest BCUT2D eigenvalue weighted by molar-refractivity contribution is -0.147. The van der Waals surface area contributed by atoms with Crippen LogP contribution in [0.3, 0.4) is 0 Å². The smallest absolute Gasteiger partial charge is 0.330 e. The summed E-state index contributed by atoms with van der Waals surface area (Å²) in [5.41, 5.74) is 0.819. The molecule has 0 saturated heterocycles. The lowest BCUT2D eigenvalue weighted by atomic mass is 10.2. The highest BCUT2D eigenvalue weighted by Gasteiger charge is 2.30. The average Bonchev–Trinajstić information content (AvgIpc) is 2.86. The quantitative estimate of drug-likeness (QED) is 0.861. The summed E-state index contributed by atoms with van der Waals surface area (Å²) in [6.45, 7) is 1.91. The fourth-order valence-corrected chi connectivity index (χ4v) is 2.22. The molecular weight excluding hydrogens is 282 g/mol. The first kappa shape index (κ1) is 14.4. The number of carbonyl (C=O) groups excluding carboxylic acids is 1. The zero-order valence-electron chi connectivity index (χ0n) is 10.9. The molecule has 0 saturated carbocycles. The molecule has 106 valence electrons. The number of hydrogen-bond donors (Lipinski definition) is 1. The van der Waals surface area contributed by atoms with Crippen molar-refractivity contribution in [3.05, 3.63) is 40.9 Å². The standard InChI is InChI=1S/C14H14ClNO4/c1-9-7-10(15)4-5-12(9)20-8-13(17)16-6-2-3-11(16)14(18)19/h2-5,7,11H,6,8H2,1H3,(H,18,19)/t11-/m1/s1. The van der Waals surface area contributed by atoms with Crippen LogP contribution in [0.2, 0.25) is 5.02 Å². The number of benzene rings is 1. The zero-order valence-corrected chi connectivity index (χ0v) is 11.6. The molecule has 0 radical (unpaired) electrons. The Morgan fingerprint density at radius 2 is 2.25 bits per heavy atom. The summed E-state index contributed by atoms with van der Waals surface area (Å²) in [6, 6.07) is 4.18. The number of aliphatic carboxylic acids is 1. The molecule has 1 aromatic carbocycles. The molecule has 2 rings (SSSR count). The first-order valence-corrected chi connectivity index (χ1v) is 6.44. The van der Waals surface area contributed by atoms with Crippen LogP contribution in [0.5, 0.6) is 5.75 Å². The van der Waals surface area contributed by atoms with Crippen LogP contribution in [-0.4, -0.2) is 41.1 Å². The van der Waals surface area contributed by atoms with Gasteiger partial charge in [0.25, 0.3) is 5.91 Å². The number of nitrogens with zero attached hydrogens (tertiary/aromatic N) is 1. The second kappa shape index (κ2) is 5.96. The van der Waals surface area contributed by atoms with Crippen molar-refractivity contribution in [3.8, 4) is 5.75 Å². The van der Waals surface area contributed by atoms with E-state index in [0.717, 1.165) is 5.56 Å². The van der Waals surface area contributed by atoms with Gasteiger partial charge < -0.3 is 14.7 Å². The van der Waals surface area contributed by atoms with E-state index >= 15 is 0 Å². The van der Waals surface area contributed by atoms with Gasteiger partial charge in [0.05, 0.1) is 0 Å². The molecule has 6 heteroatoms.